The Balaban J connectivity index is 1.66. The van der Waals surface area contributed by atoms with E-state index < -0.39 is 0 Å². The molecule has 28 heavy (non-hydrogen) atoms. The van der Waals surface area contributed by atoms with Crippen molar-refractivity contribution in [2.75, 3.05) is 12.4 Å². The third-order valence-corrected chi connectivity index (χ3v) is 4.16. The standard InChI is InChI=1S/C21H16N4O3/c1-28-18-11-14(7-10-17(18)26)15-8-9-16-20(23-15)24-19(12-22-16)25-21(27)13-5-3-2-4-6-13/h2-12,26H,1H3,(H,23,24,25,27). The molecular formula is C21H16N4O3. The van der Waals surface area contributed by atoms with E-state index in [1.54, 1.807) is 48.5 Å². The Morgan fingerprint density at radius 1 is 1.04 bits per heavy atom. The van der Waals surface area contributed by atoms with Gasteiger partial charge in [-0.15, -0.1) is 0 Å². The fourth-order valence-electron chi connectivity index (χ4n) is 2.73. The third-order valence-electron chi connectivity index (χ3n) is 4.16. The monoisotopic (exact) mass is 372 g/mol. The average molecular weight is 372 g/mol. The van der Waals surface area contributed by atoms with Gasteiger partial charge in [-0.25, -0.2) is 15.0 Å². The van der Waals surface area contributed by atoms with E-state index in [0.717, 1.165) is 5.56 Å². The number of nitrogens with zero attached hydrogens (tertiary/aromatic N) is 3. The highest BCUT2D eigenvalue weighted by Gasteiger charge is 2.10. The van der Waals surface area contributed by atoms with Crippen LogP contribution in [0.15, 0.2) is 66.9 Å². The zero-order valence-electron chi connectivity index (χ0n) is 15.0. The predicted octanol–water partition coefficient (Wildman–Crippen LogP) is 3.66. The minimum Gasteiger partial charge on any atom is -0.504 e. The van der Waals surface area contributed by atoms with Crippen LogP contribution >= 0.6 is 0 Å². The molecule has 0 saturated heterocycles. The van der Waals surface area contributed by atoms with Gasteiger partial charge in [-0.2, -0.15) is 0 Å². The Labute approximate surface area is 160 Å². The number of rotatable bonds is 4. The third kappa shape index (κ3) is 3.45. The molecule has 2 aromatic heterocycles. The highest BCUT2D eigenvalue weighted by Crippen LogP contribution is 2.31. The van der Waals surface area contributed by atoms with Crippen LogP contribution in [-0.4, -0.2) is 33.1 Å². The van der Waals surface area contributed by atoms with Gasteiger partial charge in [0, 0.05) is 11.1 Å². The van der Waals surface area contributed by atoms with Gasteiger partial charge in [0.2, 0.25) is 0 Å². The van der Waals surface area contributed by atoms with Crippen LogP contribution < -0.4 is 10.1 Å². The Morgan fingerprint density at radius 2 is 1.86 bits per heavy atom. The summed E-state index contributed by atoms with van der Waals surface area (Å²) in [5, 5.41) is 12.5. The summed E-state index contributed by atoms with van der Waals surface area (Å²) in [6, 6.07) is 17.5. The van der Waals surface area contributed by atoms with E-state index in [1.165, 1.54) is 13.3 Å². The van der Waals surface area contributed by atoms with Crippen LogP contribution in [0.4, 0.5) is 5.82 Å². The van der Waals surface area contributed by atoms with E-state index in [0.29, 0.717) is 34.0 Å². The van der Waals surface area contributed by atoms with Gasteiger partial charge in [0.1, 0.15) is 5.52 Å². The number of fused-ring (bicyclic) bond motifs is 1. The molecule has 1 amide bonds. The summed E-state index contributed by atoms with van der Waals surface area (Å²) in [6.07, 6.45) is 1.49. The molecule has 0 saturated carbocycles. The average Bonchev–Trinajstić information content (AvgIpc) is 2.74. The molecule has 4 aromatic rings. The Bertz CT molecular complexity index is 1160. The molecule has 2 heterocycles. The summed E-state index contributed by atoms with van der Waals surface area (Å²) in [7, 11) is 1.49. The maximum atomic E-state index is 12.3. The number of ether oxygens (including phenoxy) is 1. The van der Waals surface area contributed by atoms with Gasteiger partial charge >= 0.3 is 0 Å². The number of anilines is 1. The number of benzene rings is 2. The van der Waals surface area contributed by atoms with Crippen molar-refractivity contribution < 1.29 is 14.6 Å². The van der Waals surface area contributed by atoms with Crippen molar-refractivity contribution in [3.63, 3.8) is 0 Å². The van der Waals surface area contributed by atoms with E-state index in [-0.39, 0.29) is 11.7 Å². The lowest BCUT2D eigenvalue weighted by Gasteiger charge is -2.08. The normalized spacial score (nSPS) is 10.6. The molecule has 7 heteroatoms. The molecule has 0 radical (unpaired) electrons. The summed E-state index contributed by atoms with van der Waals surface area (Å²) in [5.41, 5.74) is 2.94. The number of carbonyl (C=O) groups is 1. The smallest absolute Gasteiger partial charge is 0.256 e. The van der Waals surface area contributed by atoms with Crippen molar-refractivity contribution in [1.29, 1.82) is 0 Å². The molecular weight excluding hydrogens is 356 g/mol. The number of nitrogens with one attached hydrogen (secondary N) is 1. The number of hydrogen-bond acceptors (Lipinski definition) is 6. The largest absolute Gasteiger partial charge is 0.504 e. The van der Waals surface area contributed by atoms with Crippen LogP contribution in [0, 0.1) is 0 Å². The minimum atomic E-state index is -0.270. The van der Waals surface area contributed by atoms with Crippen LogP contribution in [-0.2, 0) is 0 Å². The second-order valence-electron chi connectivity index (χ2n) is 6.00. The molecule has 0 aliphatic carbocycles. The summed E-state index contributed by atoms with van der Waals surface area (Å²) < 4.78 is 5.15. The van der Waals surface area contributed by atoms with E-state index in [4.69, 9.17) is 4.74 Å². The van der Waals surface area contributed by atoms with E-state index in [2.05, 4.69) is 20.3 Å². The highest BCUT2D eigenvalue weighted by atomic mass is 16.5. The number of aromatic hydroxyl groups is 1. The molecule has 0 atom stereocenters. The molecule has 0 bridgehead atoms. The predicted molar refractivity (Wildman–Crippen MR) is 105 cm³/mol. The van der Waals surface area contributed by atoms with Gasteiger partial charge < -0.3 is 15.2 Å². The molecule has 4 rings (SSSR count). The number of methoxy groups -OCH3 is 1. The SMILES string of the molecule is COc1cc(-c2ccc3ncc(NC(=O)c4ccccc4)nc3n2)ccc1O. The van der Waals surface area contributed by atoms with Crippen molar-refractivity contribution in [2.24, 2.45) is 0 Å². The number of aromatic nitrogens is 3. The van der Waals surface area contributed by atoms with Crippen molar-refractivity contribution in [3.8, 4) is 22.8 Å². The van der Waals surface area contributed by atoms with Gasteiger partial charge in [0.05, 0.1) is 19.0 Å². The number of phenolic OH excluding ortho intramolecular Hbond substituents is 1. The van der Waals surface area contributed by atoms with Gasteiger partial charge in [-0.3, -0.25) is 4.79 Å². The van der Waals surface area contributed by atoms with Crippen molar-refractivity contribution in [1.82, 2.24) is 15.0 Å². The quantitative estimate of drug-likeness (QED) is 0.567. The minimum absolute atomic E-state index is 0.0535. The summed E-state index contributed by atoms with van der Waals surface area (Å²) in [6.45, 7) is 0. The maximum absolute atomic E-state index is 12.3. The summed E-state index contributed by atoms with van der Waals surface area (Å²) in [5.74, 6) is 0.454. The van der Waals surface area contributed by atoms with Crippen LogP contribution in [0.5, 0.6) is 11.5 Å². The molecule has 2 N–H and O–H groups in total. The number of pyridine rings is 1. The lowest BCUT2D eigenvalue weighted by molar-refractivity contribution is 0.102. The lowest BCUT2D eigenvalue weighted by atomic mass is 10.1. The molecule has 0 aliphatic rings. The van der Waals surface area contributed by atoms with E-state index in [9.17, 15) is 9.90 Å². The number of amides is 1. The van der Waals surface area contributed by atoms with Gasteiger partial charge in [-0.1, -0.05) is 18.2 Å². The molecule has 2 aromatic carbocycles. The molecule has 138 valence electrons. The van der Waals surface area contributed by atoms with Gasteiger partial charge in [0.25, 0.3) is 5.91 Å². The molecule has 7 nitrogen and oxygen atoms in total. The maximum Gasteiger partial charge on any atom is 0.256 e. The number of hydrogen-bond donors (Lipinski definition) is 2. The second kappa shape index (κ2) is 7.32. The van der Waals surface area contributed by atoms with Gasteiger partial charge in [0.15, 0.2) is 23.0 Å². The second-order valence-corrected chi connectivity index (χ2v) is 6.00. The van der Waals surface area contributed by atoms with Crippen LogP contribution in [0.3, 0.4) is 0 Å². The Morgan fingerprint density at radius 3 is 2.64 bits per heavy atom. The lowest BCUT2D eigenvalue weighted by Crippen LogP contribution is -2.13. The number of carbonyl (C=O) groups excluding carboxylic acids is 1. The molecule has 0 aliphatic heterocycles. The Kier molecular flexibility index (Phi) is 4.55. The van der Waals surface area contributed by atoms with E-state index in [1.807, 2.05) is 12.1 Å². The molecule has 0 spiro atoms. The summed E-state index contributed by atoms with van der Waals surface area (Å²) >= 11 is 0. The first-order valence-electron chi connectivity index (χ1n) is 8.51. The molecule has 0 unspecified atom stereocenters. The van der Waals surface area contributed by atoms with Crippen LogP contribution in [0.1, 0.15) is 10.4 Å². The Hall–Kier alpha value is -4.00. The van der Waals surface area contributed by atoms with Crippen LogP contribution in [0.25, 0.3) is 22.4 Å². The molecule has 0 fully saturated rings. The fourth-order valence-corrected chi connectivity index (χ4v) is 2.73. The fraction of sp³-hybridized carbons (Fsp3) is 0.0476. The van der Waals surface area contributed by atoms with Gasteiger partial charge in [-0.05, 0) is 42.5 Å². The summed E-state index contributed by atoms with van der Waals surface area (Å²) in [4.78, 5) is 25.5. The zero-order valence-corrected chi connectivity index (χ0v) is 15.0. The zero-order chi connectivity index (χ0) is 19.5. The number of phenols is 1. The highest BCUT2D eigenvalue weighted by molar-refractivity contribution is 6.03. The first kappa shape index (κ1) is 17.4. The van der Waals surface area contributed by atoms with E-state index >= 15 is 0 Å². The van der Waals surface area contributed by atoms with Crippen molar-refractivity contribution in [2.45, 2.75) is 0 Å². The topological polar surface area (TPSA) is 97.2 Å². The first-order valence-corrected chi connectivity index (χ1v) is 8.51. The van der Waals surface area contributed by atoms with Crippen molar-refractivity contribution in [3.05, 3.63) is 72.4 Å². The van der Waals surface area contributed by atoms with Crippen molar-refractivity contribution >= 4 is 22.9 Å². The first-order chi connectivity index (χ1) is 13.6. The van der Waals surface area contributed by atoms with Crippen LogP contribution in [0.2, 0.25) is 0 Å².